The Balaban J connectivity index is 1.86. The van der Waals surface area contributed by atoms with Crippen LogP contribution in [-0.4, -0.2) is 26.8 Å². The molecule has 1 aromatic heterocycles. The molecule has 33 heavy (non-hydrogen) atoms. The number of carbonyl (C=O) groups excluding carboxylic acids is 1. The fraction of sp³-hybridized carbons (Fsp3) is 0.0385. The van der Waals surface area contributed by atoms with Crippen LogP contribution in [-0.2, 0) is 4.79 Å². The van der Waals surface area contributed by atoms with E-state index in [0.29, 0.717) is 16.8 Å². The lowest BCUT2D eigenvalue weighted by molar-refractivity contribution is -0.132. The van der Waals surface area contributed by atoms with Crippen LogP contribution in [0.3, 0.4) is 0 Å². The summed E-state index contributed by atoms with van der Waals surface area (Å²) in [5, 5.41) is 17.0. The van der Waals surface area contributed by atoms with Crippen LogP contribution < -0.4 is 5.32 Å². The first-order valence-electron chi connectivity index (χ1n) is 10.2. The Kier molecular flexibility index (Phi) is 6.51. The molecule has 6 nitrogen and oxygen atoms in total. The molecule has 4 aromatic rings. The van der Waals surface area contributed by atoms with Crippen molar-refractivity contribution >= 4 is 33.9 Å². The molecule has 0 aliphatic carbocycles. The first-order valence-corrected chi connectivity index (χ1v) is 11.0. The van der Waals surface area contributed by atoms with Crippen molar-refractivity contribution in [1.82, 2.24) is 15.1 Å². The maximum Gasteiger partial charge on any atom is 0.352 e. The molecule has 3 aromatic carbocycles. The van der Waals surface area contributed by atoms with Gasteiger partial charge in [0, 0.05) is 21.2 Å². The summed E-state index contributed by atoms with van der Waals surface area (Å²) < 4.78 is 2.67. The quantitative estimate of drug-likeness (QED) is 0.343. The SMILES string of the molecule is Cc1nn(-c2cccc(Br)c2)c(-c2ccccc2)c1/C=C(/NC(=O)c1ccccc1)C(=O)O. The minimum Gasteiger partial charge on any atom is -0.477 e. The first-order chi connectivity index (χ1) is 15.9. The molecule has 0 radical (unpaired) electrons. The van der Waals surface area contributed by atoms with Crippen LogP contribution in [0.1, 0.15) is 21.6 Å². The van der Waals surface area contributed by atoms with Gasteiger partial charge in [0.1, 0.15) is 5.70 Å². The number of aliphatic carboxylic acids is 1. The number of aryl methyl sites for hydroxylation is 1. The molecule has 0 saturated heterocycles. The van der Waals surface area contributed by atoms with Gasteiger partial charge < -0.3 is 10.4 Å². The Labute approximate surface area is 199 Å². The van der Waals surface area contributed by atoms with E-state index < -0.39 is 11.9 Å². The summed E-state index contributed by atoms with van der Waals surface area (Å²) in [6.07, 6.45) is 1.46. The summed E-state index contributed by atoms with van der Waals surface area (Å²) in [4.78, 5) is 24.6. The van der Waals surface area contributed by atoms with Crippen molar-refractivity contribution in [3.63, 3.8) is 0 Å². The number of hydrogen-bond acceptors (Lipinski definition) is 3. The van der Waals surface area contributed by atoms with E-state index in [2.05, 4.69) is 21.2 Å². The summed E-state index contributed by atoms with van der Waals surface area (Å²) in [5.41, 5.74) is 3.76. The van der Waals surface area contributed by atoms with E-state index in [1.54, 1.807) is 35.0 Å². The number of benzene rings is 3. The Morgan fingerprint density at radius 3 is 2.27 bits per heavy atom. The Morgan fingerprint density at radius 1 is 0.970 bits per heavy atom. The van der Waals surface area contributed by atoms with Crippen molar-refractivity contribution in [1.29, 1.82) is 0 Å². The predicted molar refractivity (Wildman–Crippen MR) is 131 cm³/mol. The Bertz CT molecular complexity index is 1350. The Hall–Kier alpha value is -3.97. The van der Waals surface area contributed by atoms with Crippen LogP contribution in [0.5, 0.6) is 0 Å². The zero-order valence-corrected chi connectivity index (χ0v) is 19.3. The zero-order chi connectivity index (χ0) is 23.4. The highest BCUT2D eigenvalue weighted by molar-refractivity contribution is 9.10. The summed E-state index contributed by atoms with van der Waals surface area (Å²) in [7, 11) is 0. The van der Waals surface area contributed by atoms with Gasteiger partial charge in [-0.1, -0.05) is 70.5 Å². The first kappa shape index (κ1) is 22.2. The van der Waals surface area contributed by atoms with Gasteiger partial charge in [-0.15, -0.1) is 0 Å². The highest BCUT2D eigenvalue weighted by Gasteiger charge is 2.20. The second-order valence-corrected chi connectivity index (χ2v) is 8.20. The fourth-order valence-electron chi connectivity index (χ4n) is 3.46. The average molecular weight is 502 g/mol. The molecule has 0 atom stereocenters. The van der Waals surface area contributed by atoms with Gasteiger partial charge in [0.15, 0.2) is 0 Å². The maximum absolute atomic E-state index is 12.6. The molecule has 0 bridgehead atoms. The number of carboxylic acid groups (broad SMARTS) is 1. The predicted octanol–water partition coefficient (Wildman–Crippen LogP) is 5.47. The third-order valence-electron chi connectivity index (χ3n) is 5.01. The molecular weight excluding hydrogens is 482 g/mol. The lowest BCUT2D eigenvalue weighted by Crippen LogP contribution is -2.27. The van der Waals surface area contributed by atoms with Gasteiger partial charge in [-0.05, 0) is 43.3 Å². The molecule has 1 heterocycles. The number of carbonyl (C=O) groups is 2. The van der Waals surface area contributed by atoms with Crippen molar-refractivity contribution in [3.8, 4) is 16.9 Å². The summed E-state index contributed by atoms with van der Waals surface area (Å²) in [6, 6.07) is 25.8. The standard InChI is InChI=1S/C26H20BrN3O3/c1-17-22(16-23(26(32)33)28-25(31)19-11-6-3-7-12-19)24(18-9-4-2-5-10-18)30(29-17)21-14-8-13-20(27)15-21/h2-16H,1H3,(H,28,31)(H,32,33)/b23-16+. The highest BCUT2D eigenvalue weighted by atomic mass is 79.9. The molecule has 0 spiro atoms. The smallest absolute Gasteiger partial charge is 0.352 e. The number of nitrogens with one attached hydrogen (secondary N) is 1. The van der Waals surface area contributed by atoms with E-state index in [4.69, 9.17) is 5.10 Å². The molecule has 0 aliphatic rings. The molecular formula is C26H20BrN3O3. The molecule has 4 rings (SSSR count). The van der Waals surface area contributed by atoms with E-state index in [1.807, 2.05) is 61.5 Å². The van der Waals surface area contributed by atoms with Gasteiger partial charge in [0.2, 0.25) is 0 Å². The topological polar surface area (TPSA) is 84.2 Å². The van der Waals surface area contributed by atoms with Crippen molar-refractivity contribution in [2.45, 2.75) is 6.92 Å². The lowest BCUT2D eigenvalue weighted by atomic mass is 10.0. The number of nitrogens with zero attached hydrogens (tertiary/aromatic N) is 2. The molecule has 0 saturated carbocycles. The van der Waals surface area contributed by atoms with E-state index in [-0.39, 0.29) is 5.70 Å². The lowest BCUT2D eigenvalue weighted by Gasteiger charge is -2.10. The number of rotatable bonds is 6. The van der Waals surface area contributed by atoms with E-state index in [9.17, 15) is 14.7 Å². The van der Waals surface area contributed by atoms with Gasteiger partial charge in [0.25, 0.3) is 5.91 Å². The molecule has 1 amide bonds. The second kappa shape index (κ2) is 9.67. The van der Waals surface area contributed by atoms with E-state index in [0.717, 1.165) is 21.4 Å². The van der Waals surface area contributed by atoms with Gasteiger partial charge in [-0.3, -0.25) is 4.79 Å². The van der Waals surface area contributed by atoms with Crippen LogP contribution in [0.2, 0.25) is 0 Å². The molecule has 7 heteroatoms. The summed E-state index contributed by atoms with van der Waals surface area (Å²) in [5.74, 6) is -1.74. The minimum atomic E-state index is -1.24. The van der Waals surface area contributed by atoms with Gasteiger partial charge >= 0.3 is 5.97 Å². The monoisotopic (exact) mass is 501 g/mol. The van der Waals surface area contributed by atoms with Crippen LogP contribution in [0, 0.1) is 6.92 Å². The maximum atomic E-state index is 12.6. The summed E-state index contributed by atoms with van der Waals surface area (Å²) in [6.45, 7) is 1.81. The molecule has 0 aliphatic heterocycles. The Morgan fingerprint density at radius 2 is 1.64 bits per heavy atom. The number of hydrogen-bond donors (Lipinski definition) is 2. The van der Waals surface area contributed by atoms with Crippen LogP contribution in [0.25, 0.3) is 23.0 Å². The third-order valence-corrected chi connectivity index (χ3v) is 5.50. The second-order valence-electron chi connectivity index (χ2n) is 7.29. The number of aromatic nitrogens is 2. The van der Waals surface area contributed by atoms with Crippen LogP contribution in [0.15, 0.2) is 95.1 Å². The molecule has 0 fully saturated rings. The summed E-state index contributed by atoms with van der Waals surface area (Å²) >= 11 is 3.50. The molecule has 2 N–H and O–H groups in total. The van der Waals surface area contributed by atoms with Crippen molar-refractivity contribution in [3.05, 3.63) is 112 Å². The fourth-order valence-corrected chi connectivity index (χ4v) is 3.85. The average Bonchev–Trinajstić information content (AvgIpc) is 3.15. The molecule has 164 valence electrons. The van der Waals surface area contributed by atoms with E-state index in [1.165, 1.54) is 6.08 Å². The number of halogens is 1. The van der Waals surface area contributed by atoms with Gasteiger partial charge in [0.05, 0.1) is 17.1 Å². The number of amides is 1. The van der Waals surface area contributed by atoms with Gasteiger partial charge in [-0.2, -0.15) is 5.10 Å². The number of carboxylic acids is 1. The van der Waals surface area contributed by atoms with Crippen LogP contribution >= 0.6 is 15.9 Å². The van der Waals surface area contributed by atoms with E-state index >= 15 is 0 Å². The van der Waals surface area contributed by atoms with Crippen molar-refractivity contribution in [2.24, 2.45) is 0 Å². The third kappa shape index (κ3) is 4.94. The molecule has 0 unspecified atom stereocenters. The van der Waals surface area contributed by atoms with Gasteiger partial charge in [-0.25, -0.2) is 9.48 Å². The normalized spacial score (nSPS) is 11.3. The van der Waals surface area contributed by atoms with Crippen molar-refractivity contribution < 1.29 is 14.7 Å². The highest BCUT2D eigenvalue weighted by Crippen LogP contribution is 2.31. The van der Waals surface area contributed by atoms with Crippen molar-refractivity contribution in [2.75, 3.05) is 0 Å². The zero-order valence-electron chi connectivity index (χ0n) is 17.7. The van der Waals surface area contributed by atoms with Crippen LogP contribution in [0.4, 0.5) is 0 Å². The minimum absolute atomic E-state index is 0.238. The largest absolute Gasteiger partial charge is 0.477 e.